The summed E-state index contributed by atoms with van der Waals surface area (Å²) in [7, 11) is 3.14. The lowest BCUT2D eigenvalue weighted by Crippen LogP contribution is -2.47. The smallest absolute Gasteiger partial charge is 0.310 e. The average molecular weight is 458 g/mol. The zero-order chi connectivity index (χ0) is 23.5. The van der Waals surface area contributed by atoms with E-state index in [2.05, 4.69) is 5.32 Å². The van der Waals surface area contributed by atoms with E-state index in [1.807, 2.05) is 63.4 Å². The van der Waals surface area contributed by atoms with E-state index >= 15 is 0 Å². The fourth-order valence-electron chi connectivity index (χ4n) is 4.04. The molecule has 2 aromatic rings. The van der Waals surface area contributed by atoms with Crippen molar-refractivity contribution in [2.24, 2.45) is 11.8 Å². The summed E-state index contributed by atoms with van der Waals surface area (Å²) in [4.78, 5) is 27.2. The third-order valence-corrected chi connectivity index (χ3v) is 6.37. The topological polar surface area (TPSA) is 73.9 Å². The Morgan fingerprint density at radius 3 is 2.31 bits per heavy atom. The number of hydrogen-bond donors (Lipinski definition) is 1. The van der Waals surface area contributed by atoms with Crippen LogP contribution in [0, 0.1) is 11.8 Å². The van der Waals surface area contributed by atoms with Crippen LogP contribution in [-0.2, 0) is 14.3 Å². The number of thioether (sulfide) groups is 1. The summed E-state index contributed by atoms with van der Waals surface area (Å²) in [5.41, 5.74) is 1.03. The average Bonchev–Trinajstić information content (AvgIpc) is 2.72. The molecular weight excluding hydrogens is 426 g/mol. The summed E-state index contributed by atoms with van der Waals surface area (Å²) in [5.74, 6) is -0.312. The molecule has 1 N–H and O–H groups in total. The number of carbonyl (C=O) groups is 2. The van der Waals surface area contributed by atoms with Gasteiger partial charge in [0.25, 0.3) is 0 Å². The first-order valence-electron chi connectivity index (χ1n) is 10.6. The largest absolute Gasteiger partial charge is 0.493 e. The fraction of sp³-hybridized carbons (Fsp3) is 0.440. The van der Waals surface area contributed by atoms with Crippen molar-refractivity contribution in [2.45, 2.75) is 43.6 Å². The maximum atomic E-state index is 13.2. The molecule has 1 fully saturated rings. The molecular formula is C25H31NO5S. The molecule has 1 saturated carbocycles. The van der Waals surface area contributed by atoms with Gasteiger partial charge in [-0.2, -0.15) is 0 Å². The number of methoxy groups -OCH3 is 2. The molecule has 3 rings (SSSR count). The predicted octanol–water partition coefficient (Wildman–Crippen LogP) is 5.13. The minimum absolute atomic E-state index is 0.105. The zero-order valence-corrected chi connectivity index (χ0v) is 20.2. The molecule has 0 heterocycles. The molecule has 1 aliphatic rings. The second-order valence-electron chi connectivity index (χ2n) is 8.81. The summed E-state index contributed by atoms with van der Waals surface area (Å²) in [6, 6.07) is 13.2. The molecule has 172 valence electrons. The van der Waals surface area contributed by atoms with E-state index in [0.29, 0.717) is 17.9 Å². The van der Waals surface area contributed by atoms with E-state index in [4.69, 9.17) is 14.2 Å². The Morgan fingerprint density at radius 2 is 1.69 bits per heavy atom. The fourth-order valence-corrected chi connectivity index (χ4v) is 4.59. The molecule has 0 aromatic heterocycles. The van der Waals surface area contributed by atoms with Gasteiger partial charge in [-0.25, -0.2) is 0 Å². The van der Waals surface area contributed by atoms with Crippen molar-refractivity contribution in [1.82, 2.24) is 0 Å². The van der Waals surface area contributed by atoms with Crippen molar-refractivity contribution in [3.63, 3.8) is 0 Å². The zero-order valence-electron chi connectivity index (χ0n) is 19.4. The molecule has 3 atom stereocenters. The van der Waals surface area contributed by atoms with Crippen LogP contribution in [0.25, 0.3) is 0 Å². The summed E-state index contributed by atoms with van der Waals surface area (Å²) in [6.45, 7) is 5.54. The summed E-state index contributed by atoms with van der Waals surface area (Å²) >= 11 is 1.57. The summed E-state index contributed by atoms with van der Waals surface area (Å²) in [6.07, 6.45) is 2.40. The molecule has 1 aliphatic carbocycles. The minimum Gasteiger partial charge on any atom is -0.493 e. The number of rotatable bonds is 7. The standard InChI is InChI=1S/C25H31NO5S/c1-25(2,3)31-24(28)17-14-16(23(27)26-18-9-7-8-10-21(18)32-6)22(17)15-11-12-19(29-4)20(13-15)30-5/h7-13,16-17,22H,14H2,1-6H3,(H,26,27)/t16-,17-,22+/m0/s1. The van der Waals surface area contributed by atoms with E-state index < -0.39 is 11.5 Å². The number of hydrogen-bond acceptors (Lipinski definition) is 6. The van der Waals surface area contributed by atoms with E-state index in [1.54, 1.807) is 32.0 Å². The Balaban J connectivity index is 1.90. The van der Waals surface area contributed by atoms with Crippen molar-refractivity contribution in [2.75, 3.05) is 25.8 Å². The Morgan fingerprint density at radius 1 is 1.00 bits per heavy atom. The lowest BCUT2D eigenvalue weighted by molar-refractivity contribution is -0.167. The van der Waals surface area contributed by atoms with Gasteiger partial charge in [0.2, 0.25) is 5.91 Å². The first-order chi connectivity index (χ1) is 15.2. The summed E-state index contributed by atoms with van der Waals surface area (Å²) < 4.78 is 16.4. The lowest BCUT2D eigenvalue weighted by atomic mass is 9.61. The van der Waals surface area contributed by atoms with Crippen molar-refractivity contribution < 1.29 is 23.8 Å². The Hall–Kier alpha value is -2.67. The van der Waals surface area contributed by atoms with Gasteiger partial charge >= 0.3 is 5.97 Å². The van der Waals surface area contributed by atoms with Crippen LogP contribution >= 0.6 is 11.8 Å². The van der Waals surface area contributed by atoms with Gasteiger partial charge in [0.15, 0.2) is 11.5 Å². The molecule has 6 nitrogen and oxygen atoms in total. The highest BCUT2D eigenvalue weighted by Crippen LogP contribution is 2.50. The quantitative estimate of drug-likeness (QED) is 0.459. The van der Waals surface area contributed by atoms with Crippen LogP contribution in [-0.4, -0.2) is 38.0 Å². The van der Waals surface area contributed by atoms with Crippen molar-refractivity contribution in [1.29, 1.82) is 0 Å². The molecule has 2 aromatic carbocycles. The maximum absolute atomic E-state index is 13.2. The van der Waals surface area contributed by atoms with E-state index in [1.165, 1.54) is 0 Å². The van der Waals surface area contributed by atoms with E-state index in [-0.39, 0.29) is 23.7 Å². The van der Waals surface area contributed by atoms with Gasteiger partial charge in [0, 0.05) is 16.7 Å². The number of amides is 1. The molecule has 7 heteroatoms. The Bertz CT molecular complexity index is 985. The van der Waals surface area contributed by atoms with Gasteiger partial charge in [-0.05, 0) is 63.3 Å². The lowest BCUT2D eigenvalue weighted by Gasteiger charge is -2.43. The molecule has 0 spiro atoms. The molecule has 0 bridgehead atoms. The van der Waals surface area contributed by atoms with Gasteiger partial charge in [-0.15, -0.1) is 11.8 Å². The summed E-state index contributed by atoms with van der Waals surface area (Å²) in [5, 5.41) is 3.05. The number of anilines is 1. The third kappa shape index (κ3) is 5.21. The molecule has 0 radical (unpaired) electrons. The Labute approximate surface area is 194 Å². The van der Waals surface area contributed by atoms with Gasteiger partial charge in [-0.1, -0.05) is 18.2 Å². The second-order valence-corrected chi connectivity index (χ2v) is 9.66. The monoisotopic (exact) mass is 457 g/mol. The highest BCUT2D eigenvalue weighted by molar-refractivity contribution is 7.98. The molecule has 0 saturated heterocycles. The highest BCUT2D eigenvalue weighted by Gasteiger charge is 2.51. The predicted molar refractivity (Wildman–Crippen MR) is 127 cm³/mol. The number of ether oxygens (including phenoxy) is 3. The number of carbonyl (C=O) groups excluding carboxylic acids is 2. The van der Waals surface area contributed by atoms with Crippen LogP contribution in [0.2, 0.25) is 0 Å². The van der Waals surface area contributed by atoms with Gasteiger partial charge in [0.05, 0.1) is 25.8 Å². The minimum atomic E-state index is -0.593. The van der Waals surface area contributed by atoms with Crippen LogP contribution in [0.4, 0.5) is 5.69 Å². The maximum Gasteiger partial charge on any atom is 0.310 e. The van der Waals surface area contributed by atoms with Crippen molar-refractivity contribution >= 4 is 29.3 Å². The number of nitrogens with one attached hydrogen (secondary N) is 1. The first-order valence-corrected chi connectivity index (χ1v) is 11.8. The SMILES string of the molecule is COc1ccc([C@@H]2[C@@H](C(=O)Nc3ccccc3SC)C[C@@H]2C(=O)OC(C)(C)C)cc1OC. The van der Waals surface area contributed by atoms with Crippen LogP contribution in [0.15, 0.2) is 47.4 Å². The van der Waals surface area contributed by atoms with Crippen molar-refractivity contribution in [3.8, 4) is 11.5 Å². The number of esters is 1. The van der Waals surface area contributed by atoms with Crippen LogP contribution < -0.4 is 14.8 Å². The van der Waals surface area contributed by atoms with Crippen LogP contribution in [0.3, 0.4) is 0 Å². The first kappa shape index (κ1) is 24.0. The molecule has 0 unspecified atom stereocenters. The number of benzene rings is 2. The molecule has 32 heavy (non-hydrogen) atoms. The van der Waals surface area contributed by atoms with Gasteiger partial charge in [-0.3, -0.25) is 9.59 Å². The van der Waals surface area contributed by atoms with Crippen LogP contribution in [0.1, 0.15) is 38.7 Å². The molecule has 0 aliphatic heterocycles. The molecule has 1 amide bonds. The van der Waals surface area contributed by atoms with Crippen molar-refractivity contribution in [3.05, 3.63) is 48.0 Å². The van der Waals surface area contributed by atoms with E-state index in [9.17, 15) is 9.59 Å². The van der Waals surface area contributed by atoms with E-state index in [0.717, 1.165) is 16.1 Å². The second kappa shape index (κ2) is 9.86. The number of para-hydroxylation sites is 1. The van der Waals surface area contributed by atoms with Crippen LogP contribution in [0.5, 0.6) is 11.5 Å². The normalized spacial score (nSPS) is 20.1. The highest BCUT2D eigenvalue weighted by atomic mass is 32.2. The third-order valence-electron chi connectivity index (χ3n) is 5.58. The Kier molecular flexibility index (Phi) is 7.39. The van der Waals surface area contributed by atoms with Gasteiger partial charge < -0.3 is 19.5 Å². The van der Waals surface area contributed by atoms with Gasteiger partial charge in [0.1, 0.15) is 5.60 Å².